The molecular formula is C108H118ClN17O17SiSn. The van der Waals surface area contributed by atoms with Gasteiger partial charge in [-0.2, -0.15) is 15.7 Å². The summed E-state index contributed by atoms with van der Waals surface area (Å²) in [6, 6.07) is 74.4. The van der Waals surface area contributed by atoms with Crippen molar-refractivity contribution in [3.63, 3.8) is 0 Å². The van der Waals surface area contributed by atoms with E-state index in [1.165, 1.54) is 57.1 Å². The second-order valence-electron chi connectivity index (χ2n) is 32.3. The Hall–Kier alpha value is -15.2. The van der Waals surface area contributed by atoms with E-state index in [-0.39, 0.29) is 19.8 Å². The number of azide groups is 1. The first kappa shape index (κ1) is 112. The van der Waals surface area contributed by atoms with Gasteiger partial charge in [-0.25, -0.2) is 39.9 Å². The largest absolute Gasteiger partial charge is 0.497 e. The van der Waals surface area contributed by atoms with Gasteiger partial charge in [0, 0.05) is 109 Å². The fraction of sp³-hybridized carbons (Fsp3) is 0.287. The van der Waals surface area contributed by atoms with E-state index in [1.807, 2.05) is 238 Å². The average molecular weight is 2110 g/mol. The number of nitriles is 2. The molecule has 0 saturated carbocycles. The molecule has 0 radical (unpaired) electrons. The Labute approximate surface area is 854 Å². The topological polar surface area (TPSA) is 467 Å². The van der Waals surface area contributed by atoms with Crippen LogP contribution in [0, 0.1) is 22.7 Å². The molecule has 0 bridgehead atoms. The van der Waals surface area contributed by atoms with Crippen molar-refractivity contribution in [1.82, 2.24) is 60.5 Å². The normalized spacial score (nSPS) is 10.5. The van der Waals surface area contributed by atoms with Crippen molar-refractivity contribution >= 4 is 84.0 Å². The Kier molecular flexibility index (Phi) is 47.5. The number of unbranched alkanes of at least 4 members (excludes halogenated alkanes) is 2. The van der Waals surface area contributed by atoms with Gasteiger partial charge >= 0.3 is 71.2 Å². The molecule has 9 heterocycles. The van der Waals surface area contributed by atoms with Gasteiger partial charge < -0.3 is 75.6 Å². The average Bonchev–Trinajstić information content (AvgIpc) is 1.62. The minimum atomic E-state index is -1.99. The van der Waals surface area contributed by atoms with Crippen LogP contribution in [0.25, 0.3) is 145 Å². The van der Waals surface area contributed by atoms with Gasteiger partial charge in [0.25, 0.3) is 0 Å². The second kappa shape index (κ2) is 61.6. The van der Waals surface area contributed by atoms with Crippen molar-refractivity contribution in [2.45, 2.75) is 107 Å². The van der Waals surface area contributed by atoms with Crippen LogP contribution in [0.3, 0.4) is 0 Å². The number of aromatic nitrogens is 12. The van der Waals surface area contributed by atoms with Gasteiger partial charge in [-0.1, -0.05) is 213 Å². The number of tetrazole rings is 1. The minimum absolute atomic E-state index is 0.0558. The van der Waals surface area contributed by atoms with Gasteiger partial charge in [-0.15, -0.1) is 15.0 Å². The van der Waals surface area contributed by atoms with Crippen LogP contribution in [-0.2, 0) is 19.0 Å². The first-order valence-electron chi connectivity index (χ1n) is 47.0. The van der Waals surface area contributed by atoms with E-state index < -0.39 is 28.0 Å². The third-order valence-corrected chi connectivity index (χ3v) is 27.1. The number of hydrogen-bond acceptors (Lipinski definition) is 31. The molecule has 37 heteroatoms. The van der Waals surface area contributed by atoms with Crippen molar-refractivity contribution in [2.75, 3.05) is 94.5 Å². The molecule has 0 aliphatic heterocycles. The van der Waals surface area contributed by atoms with E-state index in [2.05, 4.69) is 96.7 Å². The number of nitrogens with zero attached hydrogens (tertiary/aromatic N) is 16. The number of allylic oxidation sites excluding steroid dienone is 1. The Morgan fingerprint density at radius 3 is 1.05 bits per heavy atom. The third-order valence-electron chi connectivity index (χ3n) is 20.9. The molecule has 9 aromatic heterocycles. The number of aromatic amines is 1. The number of halogens is 1. The summed E-state index contributed by atoms with van der Waals surface area (Å²) < 4.78 is 91.6. The molecule has 0 aliphatic carbocycles. The summed E-state index contributed by atoms with van der Waals surface area (Å²) >= 11 is 4.35. The molecule has 0 spiro atoms. The number of benzene rings is 8. The van der Waals surface area contributed by atoms with Gasteiger partial charge in [0.2, 0.25) is 40.5 Å². The summed E-state index contributed by atoms with van der Waals surface area (Å²) in [4.78, 5) is 37.1. The first-order valence-corrected chi connectivity index (χ1v) is 56.1. The van der Waals surface area contributed by atoms with Crippen molar-refractivity contribution in [3.8, 4) is 143 Å². The number of nitrogens with one attached hydrogen (secondary N) is 1. The van der Waals surface area contributed by atoms with E-state index in [0.29, 0.717) is 164 Å². The summed E-state index contributed by atoms with van der Waals surface area (Å²) in [6.45, 7) is 16.9. The van der Waals surface area contributed by atoms with Crippen molar-refractivity contribution in [3.05, 3.63) is 278 Å². The minimum Gasteiger partial charge on any atom is -0.497 e. The van der Waals surface area contributed by atoms with E-state index in [0.717, 1.165) is 115 Å². The quantitative estimate of drug-likeness (QED) is 0.00527. The van der Waals surface area contributed by atoms with Crippen LogP contribution in [0.4, 0.5) is 0 Å². The molecule has 0 fully saturated rings. The van der Waals surface area contributed by atoms with Crippen LogP contribution in [0.2, 0.25) is 33.7 Å². The number of hydrogen-bond donors (Lipinski definition) is 4. The van der Waals surface area contributed by atoms with Gasteiger partial charge in [0.1, 0.15) is 101 Å². The number of fused-ring (bicyclic) bond motifs is 4. The maximum Gasteiger partial charge on any atom is 0.234 e. The van der Waals surface area contributed by atoms with Crippen LogP contribution in [0.1, 0.15) is 77.5 Å². The number of methoxy groups -OCH3 is 4. The maximum atomic E-state index is 11.2. The maximum absolute atomic E-state index is 11.2. The Balaban J connectivity index is 0.000000184. The standard InChI is InChI=1S/C25H24N6O4.C25H23N3O4.C22H20N2O4.C19H13ClN2O2.2C4H9.C3H9N3Si.C3H3N.C3H8O2.O.Sn/c1-32-19-10-8-17(9-11-19)21-22-24(34-14-5-13-33-15-12-20-28-30-31-29-20)26-16-27-25(22)35-23(21)18-6-3-2-4-7-18;1-29-20-11-9-18(10-12-20)21-22-24(31-16-6-15-30-14-5-13-26)27-17-28-25(22)32-23(21)19-7-3-2-4-8-19;1-26-17-10-8-15(9-11-17)18-19-21(27-13-5-12-25)23-14-24-22(19)28-20(18)16-6-3-2-4-7-16;1-23-14-9-7-12(8-10-14)15-16-18(20)21-11-22-19(16)24-17(15)13-5-3-2-4-6-13;2*1-3-4-2;1-7(2,3)6-5-4;1-2-3-4;4-2-1-3-5;;/h2-4,6-11,16H,5,12-15H2,1H3,(H,28,29,30,31);2-4,7-12,17H,5-6,14-16H2,1H3;2-4,6-11,14,25H,5,12-13H2,1H3;2-11H,1H3;2*1,3-4H2,2H3;1-3H3;2H,1H2;4-5H,1-3H2;;. The van der Waals surface area contributed by atoms with E-state index in [9.17, 15) is 3.08 Å². The van der Waals surface area contributed by atoms with Crippen LogP contribution in [0.15, 0.2) is 279 Å². The molecule has 0 atom stereocenters. The Morgan fingerprint density at radius 1 is 0.441 bits per heavy atom. The summed E-state index contributed by atoms with van der Waals surface area (Å²) in [6.07, 6.45) is 15.1. The van der Waals surface area contributed by atoms with Crippen LogP contribution in [-0.4, -0.2) is 198 Å². The number of aliphatic hydroxyl groups excluding tert-OH is 3. The van der Waals surface area contributed by atoms with E-state index in [4.69, 9.17) is 103 Å². The van der Waals surface area contributed by atoms with Crippen LogP contribution in [0.5, 0.6) is 40.6 Å². The van der Waals surface area contributed by atoms with E-state index >= 15 is 0 Å². The summed E-state index contributed by atoms with van der Waals surface area (Å²) in [7, 11) is 5.12. The molecular weight excluding hydrogens is 1990 g/mol. The number of rotatable bonds is 40. The zero-order valence-corrected chi connectivity index (χ0v) is 87.1. The molecule has 0 saturated heterocycles. The third kappa shape index (κ3) is 34.0. The zero-order chi connectivity index (χ0) is 103. The molecule has 145 heavy (non-hydrogen) atoms. The molecule has 0 aliphatic rings. The van der Waals surface area contributed by atoms with Gasteiger partial charge in [0.05, 0.1) is 85.4 Å². The van der Waals surface area contributed by atoms with E-state index in [1.54, 1.807) is 34.5 Å². The molecule has 4 N–H and O–H groups in total. The molecule has 17 aromatic rings. The molecule has 0 amide bonds. The Bertz CT molecular complexity index is 6870. The van der Waals surface area contributed by atoms with Gasteiger partial charge in [-0.05, 0) is 87.6 Å². The zero-order valence-electron chi connectivity index (χ0n) is 82.5. The monoisotopic (exact) mass is 2110 g/mol. The van der Waals surface area contributed by atoms with Crippen molar-refractivity contribution in [2.24, 2.45) is 4.78 Å². The summed E-state index contributed by atoms with van der Waals surface area (Å²) in [5, 5.41) is 57.9. The van der Waals surface area contributed by atoms with Gasteiger partial charge in [-0.3, -0.25) is 0 Å². The molecule has 752 valence electrons. The van der Waals surface area contributed by atoms with Gasteiger partial charge in [0.15, 0.2) is 5.82 Å². The van der Waals surface area contributed by atoms with Crippen LogP contribution < -0.4 is 33.2 Å². The first-order chi connectivity index (χ1) is 70.9. The SMILES string of the molecule is C=CC#N.CCC[CH2][Sn](=[O])[CH2]CCC.COc1ccc(-c2c(-c3ccccc3)oc3ncnc(Cl)c23)cc1.COc1ccc(-c2c(-c3ccccc3)oc3ncnc(OCCCO)c23)cc1.COc1ccc(-c2c(-c3ccccc3)oc3ncnc(OCCCOCCC#N)c23)cc1.COc1ccc(-c2c(-c3ccccc3)oc3ncnc(OCCCOCCc4nn[nH]n4)c23)cc1.C[Si](C)(C)N=[N+]=[N-].OCCCO. The second-order valence-corrected chi connectivity index (χ2v) is 43.1. The molecule has 17 rings (SSSR count). The smallest absolute Gasteiger partial charge is 0.234 e. The van der Waals surface area contributed by atoms with Crippen molar-refractivity contribution < 1.29 is 78.7 Å². The van der Waals surface area contributed by atoms with Crippen molar-refractivity contribution in [1.29, 1.82) is 10.5 Å². The number of furan rings is 4. The molecule has 8 aromatic carbocycles. The fourth-order valence-electron chi connectivity index (χ4n) is 14.0. The van der Waals surface area contributed by atoms with Crippen LogP contribution >= 0.6 is 11.6 Å². The predicted octanol–water partition coefficient (Wildman–Crippen LogP) is 24.1. The summed E-state index contributed by atoms with van der Waals surface area (Å²) in [5.74, 6) is 7.94. The number of ether oxygens (including phenoxy) is 9. The summed E-state index contributed by atoms with van der Waals surface area (Å²) in [5.41, 5.74) is 20.8. The number of aliphatic hydroxyl groups is 3. The molecule has 34 nitrogen and oxygen atoms in total. The predicted molar refractivity (Wildman–Crippen MR) is 562 cm³/mol. The fourth-order valence-corrected chi connectivity index (χ4v) is 19.5. The Morgan fingerprint density at radius 2 is 0.766 bits per heavy atom. The molecule has 0 unspecified atom stereocenters. The number of H-pyrrole nitrogens is 1.